The Labute approximate surface area is 115 Å². The second-order valence-electron chi connectivity index (χ2n) is 4.33. The van der Waals surface area contributed by atoms with Crippen molar-refractivity contribution >= 4 is 21.2 Å². The zero-order valence-electron chi connectivity index (χ0n) is 10.6. The number of hydrogen-bond acceptors (Lipinski definition) is 5. The highest BCUT2D eigenvalue weighted by atomic mass is 32.2. The largest absolute Gasteiger partial charge is 0.398 e. The summed E-state index contributed by atoms with van der Waals surface area (Å²) < 4.78 is 22.8. The van der Waals surface area contributed by atoms with Crippen molar-refractivity contribution in [3.63, 3.8) is 0 Å². The molecule has 0 saturated carbocycles. The zero-order valence-corrected chi connectivity index (χ0v) is 11.4. The van der Waals surface area contributed by atoms with Gasteiger partial charge in [-0.15, -0.1) is 0 Å². The summed E-state index contributed by atoms with van der Waals surface area (Å²) in [6.45, 7) is 0. The van der Waals surface area contributed by atoms with Crippen LogP contribution in [0.15, 0.2) is 47.4 Å². The van der Waals surface area contributed by atoms with Gasteiger partial charge in [0.2, 0.25) is 0 Å². The van der Waals surface area contributed by atoms with Gasteiger partial charge in [0.15, 0.2) is 9.84 Å². The number of non-ortho nitro benzene ring substituents is 1. The van der Waals surface area contributed by atoms with Gasteiger partial charge in [-0.3, -0.25) is 10.1 Å². The van der Waals surface area contributed by atoms with Crippen LogP contribution in [0.3, 0.4) is 0 Å². The molecule has 0 aliphatic rings. The third kappa shape index (κ3) is 2.77. The van der Waals surface area contributed by atoms with Crippen LogP contribution in [0.2, 0.25) is 0 Å². The average Bonchev–Trinajstić information content (AvgIpc) is 2.38. The molecule has 0 aromatic heterocycles. The molecule has 0 amide bonds. The molecule has 0 aliphatic heterocycles. The lowest BCUT2D eigenvalue weighted by atomic mass is 10.0. The molecule has 7 heteroatoms. The van der Waals surface area contributed by atoms with Crippen LogP contribution < -0.4 is 5.73 Å². The number of anilines is 1. The van der Waals surface area contributed by atoms with E-state index in [2.05, 4.69) is 0 Å². The van der Waals surface area contributed by atoms with Crippen molar-refractivity contribution < 1.29 is 13.3 Å². The van der Waals surface area contributed by atoms with E-state index < -0.39 is 14.8 Å². The maximum atomic E-state index is 11.4. The Bertz CT molecular complexity index is 767. The predicted octanol–water partition coefficient (Wildman–Crippen LogP) is 2.25. The Morgan fingerprint density at radius 1 is 1.10 bits per heavy atom. The first kappa shape index (κ1) is 14.0. The molecule has 6 nitrogen and oxygen atoms in total. The summed E-state index contributed by atoms with van der Waals surface area (Å²) in [4.78, 5) is 10.4. The average molecular weight is 292 g/mol. The first-order valence-corrected chi connectivity index (χ1v) is 7.52. The molecule has 0 bridgehead atoms. The Kier molecular flexibility index (Phi) is 3.46. The SMILES string of the molecule is CS(=O)(=O)c1ccc(-c2cc([N+](=O)[O-])ccc2N)cc1. The third-order valence-electron chi connectivity index (χ3n) is 2.84. The molecule has 2 aromatic carbocycles. The number of nitro benzene ring substituents is 1. The highest BCUT2D eigenvalue weighted by Gasteiger charge is 2.12. The van der Waals surface area contributed by atoms with Crippen LogP contribution in [-0.4, -0.2) is 19.6 Å². The van der Waals surface area contributed by atoms with Crippen molar-refractivity contribution in [2.75, 3.05) is 12.0 Å². The van der Waals surface area contributed by atoms with Crippen LogP contribution in [0.25, 0.3) is 11.1 Å². The van der Waals surface area contributed by atoms with Gasteiger partial charge in [-0.25, -0.2) is 8.42 Å². The van der Waals surface area contributed by atoms with Gasteiger partial charge < -0.3 is 5.73 Å². The molecule has 0 unspecified atom stereocenters. The molecule has 0 saturated heterocycles. The van der Waals surface area contributed by atoms with E-state index in [-0.39, 0.29) is 10.6 Å². The third-order valence-corrected chi connectivity index (χ3v) is 3.97. The molecular weight excluding hydrogens is 280 g/mol. The van der Waals surface area contributed by atoms with Crippen LogP contribution in [0, 0.1) is 10.1 Å². The second kappa shape index (κ2) is 4.93. The van der Waals surface area contributed by atoms with Gasteiger partial charge in [0.1, 0.15) is 0 Å². The molecule has 0 radical (unpaired) electrons. The van der Waals surface area contributed by atoms with E-state index in [1.807, 2.05) is 0 Å². The van der Waals surface area contributed by atoms with Gasteiger partial charge in [-0.2, -0.15) is 0 Å². The van der Waals surface area contributed by atoms with Gasteiger partial charge in [0, 0.05) is 29.6 Å². The van der Waals surface area contributed by atoms with Gasteiger partial charge in [0.05, 0.1) is 9.82 Å². The topological polar surface area (TPSA) is 103 Å². The van der Waals surface area contributed by atoms with Crippen LogP contribution in [0.5, 0.6) is 0 Å². The summed E-state index contributed by atoms with van der Waals surface area (Å²) in [5.41, 5.74) is 7.25. The zero-order chi connectivity index (χ0) is 14.9. The van der Waals surface area contributed by atoms with Crippen molar-refractivity contribution in [2.24, 2.45) is 0 Å². The molecule has 2 N–H and O–H groups in total. The highest BCUT2D eigenvalue weighted by molar-refractivity contribution is 7.90. The number of nitrogens with zero attached hydrogens (tertiary/aromatic N) is 1. The van der Waals surface area contributed by atoms with E-state index in [9.17, 15) is 18.5 Å². The standard InChI is InChI=1S/C13H12N2O4S/c1-20(18,19)11-5-2-9(3-6-11)12-8-10(15(16)17)4-7-13(12)14/h2-8H,14H2,1H3. The lowest BCUT2D eigenvalue weighted by molar-refractivity contribution is -0.384. The van der Waals surface area contributed by atoms with Gasteiger partial charge in [-0.1, -0.05) is 12.1 Å². The Morgan fingerprint density at radius 3 is 2.20 bits per heavy atom. The fraction of sp³-hybridized carbons (Fsp3) is 0.0769. The van der Waals surface area contributed by atoms with E-state index in [4.69, 9.17) is 5.73 Å². The molecule has 104 valence electrons. The fourth-order valence-electron chi connectivity index (χ4n) is 1.79. The van der Waals surface area contributed by atoms with Crippen molar-refractivity contribution in [3.05, 3.63) is 52.6 Å². The fourth-order valence-corrected chi connectivity index (χ4v) is 2.42. The van der Waals surface area contributed by atoms with Crippen LogP contribution in [0.1, 0.15) is 0 Å². The summed E-state index contributed by atoms with van der Waals surface area (Å²) in [6.07, 6.45) is 1.11. The van der Waals surface area contributed by atoms with E-state index in [1.165, 1.54) is 30.3 Å². The van der Waals surface area contributed by atoms with E-state index >= 15 is 0 Å². The smallest absolute Gasteiger partial charge is 0.270 e. The minimum absolute atomic E-state index is 0.0682. The van der Waals surface area contributed by atoms with Crippen LogP contribution >= 0.6 is 0 Å². The number of sulfone groups is 1. The first-order chi connectivity index (χ1) is 9.29. The second-order valence-corrected chi connectivity index (χ2v) is 6.34. The summed E-state index contributed by atoms with van der Waals surface area (Å²) in [6, 6.07) is 10.2. The van der Waals surface area contributed by atoms with E-state index in [0.717, 1.165) is 6.26 Å². The maximum Gasteiger partial charge on any atom is 0.270 e. The lowest BCUT2D eigenvalue weighted by Gasteiger charge is -2.06. The Hall–Kier alpha value is -2.41. The summed E-state index contributed by atoms with van der Waals surface area (Å²) >= 11 is 0. The number of rotatable bonds is 3. The molecule has 0 fully saturated rings. The van der Waals surface area contributed by atoms with Crippen molar-refractivity contribution in [3.8, 4) is 11.1 Å². The summed E-state index contributed by atoms with van der Waals surface area (Å²) in [7, 11) is -3.27. The number of nitrogen functional groups attached to an aromatic ring is 1. The molecule has 0 spiro atoms. The molecule has 2 rings (SSSR count). The predicted molar refractivity (Wildman–Crippen MR) is 76.1 cm³/mol. The van der Waals surface area contributed by atoms with Crippen LogP contribution in [0.4, 0.5) is 11.4 Å². The Balaban J connectivity index is 2.51. The van der Waals surface area contributed by atoms with Crippen molar-refractivity contribution in [2.45, 2.75) is 4.90 Å². The summed E-state index contributed by atoms with van der Waals surface area (Å²) in [5.74, 6) is 0. The molecule has 0 heterocycles. The quantitative estimate of drug-likeness (QED) is 0.531. The number of nitrogens with two attached hydrogens (primary N) is 1. The van der Waals surface area contributed by atoms with Crippen LogP contribution in [-0.2, 0) is 9.84 Å². The maximum absolute atomic E-state index is 11.4. The molecule has 0 atom stereocenters. The lowest BCUT2D eigenvalue weighted by Crippen LogP contribution is -1.97. The van der Waals surface area contributed by atoms with Gasteiger partial charge in [0.25, 0.3) is 5.69 Å². The van der Waals surface area contributed by atoms with E-state index in [0.29, 0.717) is 16.8 Å². The van der Waals surface area contributed by atoms with Crippen molar-refractivity contribution in [1.82, 2.24) is 0 Å². The minimum atomic E-state index is -3.27. The Morgan fingerprint density at radius 2 is 1.70 bits per heavy atom. The highest BCUT2D eigenvalue weighted by Crippen LogP contribution is 2.30. The monoisotopic (exact) mass is 292 g/mol. The first-order valence-electron chi connectivity index (χ1n) is 5.63. The molecule has 20 heavy (non-hydrogen) atoms. The van der Waals surface area contributed by atoms with Gasteiger partial charge >= 0.3 is 0 Å². The number of nitro groups is 1. The molecule has 2 aromatic rings. The van der Waals surface area contributed by atoms with Crippen molar-refractivity contribution in [1.29, 1.82) is 0 Å². The number of hydrogen-bond donors (Lipinski definition) is 1. The normalized spacial score (nSPS) is 11.2. The number of benzene rings is 2. The minimum Gasteiger partial charge on any atom is -0.398 e. The molecular formula is C13H12N2O4S. The molecule has 0 aliphatic carbocycles. The van der Waals surface area contributed by atoms with Gasteiger partial charge in [-0.05, 0) is 23.8 Å². The van der Waals surface area contributed by atoms with E-state index in [1.54, 1.807) is 12.1 Å². The summed E-state index contributed by atoms with van der Waals surface area (Å²) in [5, 5.41) is 10.8.